The Labute approximate surface area is 166 Å². The number of nitrogens with one attached hydrogen (secondary N) is 1. The molecule has 0 saturated carbocycles. The molecule has 2 aromatic rings. The van der Waals surface area contributed by atoms with Crippen molar-refractivity contribution in [2.45, 2.75) is 27.7 Å². The van der Waals surface area contributed by atoms with E-state index in [-0.39, 0.29) is 11.6 Å². The van der Waals surface area contributed by atoms with Gasteiger partial charge in [-0.2, -0.15) is 0 Å². The van der Waals surface area contributed by atoms with Gasteiger partial charge in [0.05, 0.1) is 11.4 Å². The van der Waals surface area contributed by atoms with Crippen LogP contribution in [-0.2, 0) is 4.79 Å². The molecule has 2 aromatic carbocycles. The molecule has 0 spiro atoms. The fourth-order valence-corrected chi connectivity index (χ4v) is 2.07. The summed E-state index contributed by atoms with van der Waals surface area (Å²) in [4.78, 5) is 20.3. The van der Waals surface area contributed by atoms with Crippen LogP contribution in [0.2, 0.25) is 0 Å². The Morgan fingerprint density at radius 1 is 0.821 bits per heavy atom. The molecule has 0 atom stereocenters. The van der Waals surface area contributed by atoms with Crippen LogP contribution in [0.5, 0.6) is 0 Å². The smallest absolute Gasteiger partial charge is 0.222 e. The lowest BCUT2D eigenvalue weighted by atomic mass is 10.2. The van der Waals surface area contributed by atoms with Crippen LogP contribution in [0.15, 0.2) is 70.3 Å². The Balaban J connectivity index is 0.000000921. The van der Waals surface area contributed by atoms with Crippen molar-refractivity contribution in [2.24, 2.45) is 15.7 Å². The first-order chi connectivity index (χ1) is 13.5. The zero-order valence-electron chi connectivity index (χ0n) is 16.7. The Hall–Kier alpha value is -3.61. The molecule has 0 aliphatic carbocycles. The average Bonchev–Trinajstić information content (AvgIpc) is 2.72. The highest BCUT2D eigenvalue weighted by atomic mass is 16.1. The van der Waals surface area contributed by atoms with Crippen molar-refractivity contribution in [3.05, 3.63) is 60.3 Å². The van der Waals surface area contributed by atoms with Crippen LogP contribution in [0.3, 0.4) is 0 Å². The first kappa shape index (κ1) is 22.4. The molecule has 0 aromatic heterocycles. The number of anilines is 3. The zero-order chi connectivity index (χ0) is 21.1. The summed E-state index contributed by atoms with van der Waals surface area (Å²) >= 11 is 0. The van der Waals surface area contributed by atoms with E-state index in [9.17, 15) is 4.79 Å². The summed E-state index contributed by atoms with van der Waals surface area (Å²) in [5, 5.41) is 3.11. The van der Waals surface area contributed by atoms with Crippen molar-refractivity contribution in [1.82, 2.24) is 0 Å². The van der Waals surface area contributed by atoms with Crippen molar-refractivity contribution in [2.75, 3.05) is 16.8 Å². The van der Waals surface area contributed by atoms with Crippen LogP contribution in [0.25, 0.3) is 0 Å². The Morgan fingerprint density at radius 2 is 1.32 bits per heavy atom. The summed E-state index contributed by atoms with van der Waals surface area (Å²) in [6.07, 6.45) is 1.37. The quantitative estimate of drug-likeness (QED) is 0.600. The Morgan fingerprint density at radius 3 is 1.86 bits per heavy atom. The van der Waals surface area contributed by atoms with E-state index in [0.717, 1.165) is 5.69 Å². The molecule has 0 radical (unpaired) electrons. The lowest BCUT2D eigenvalue weighted by Crippen LogP contribution is -2.30. The maximum Gasteiger partial charge on any atom is 0.222 e. The Kier molecular flexibility index (Phi) is 8.95. The summed E-state index contributed by atoms with van der Waals surface area (Å²) in [5.41, 5.74) is 20.1. The number of hydrogen-bond donors (Lipinski definition) is 4. The molecule has 1 aliphatic heterocycles. The van der Waals surface area contributed by atoms with Gasteiger partial charge >= 0.3 is 0 Å². The molecule has 0 fully saturated rings. The highest BCUT2D eigenvalue weighted by Crippen LogP contribution is 2.20. The molecule has 0 unspecified atom stereocenters. The first-order valence-electron chi connectivity index (χ1n) is 9.18. The number of nitrogens with two attached hydrogens (primary N) is 3. The maximum atomic E-state index is 11.8. The number of dihydropyridines is 1. The predicted octanol–water partition coefficient (Wildman–Crippen LogP) is 3.87. The number of rotatable bonds is 3. The SMILES string of the molecule is CC.CC.NC1=NC(=Nc2ccc(N)cc2)C(Nc2ccc(N)cc2)=CC1=O. The molecule has 7 heteroatoms. The number of hydrogen-bond acceptors (Lipinski definition) is 6. The van der Waals surface area contributed by atoms with E-state index >= 15 is 0 Å². The number of carbonyl (C=O) groups excluding carboxylic acids is 1. The topological polar surface area (TPSA) is 132 Å². The number of amidine groups is 2. The van der Waals surface area contributed by atoms with Crippen molar-refractivity contribution in [3.63, 3.8) is 0 Å². The molecule has 3 rings (SSSR count). The van der Waals surface area contributed by atoms with E-state index in [1.807, 2.05) is 27.7 Å². The molecule has 7 nitrogen and oxygen atoms in total. The maximum absolute atomic E-state index is 11.8. The molecular weight excluding hydrogens is 352 g/mol. The second kappa shape index (κ2) is 11.2. The van der Waals surface area contributed by atoms with Gasteiger partial charge in [0.1, 0.15) is 0 Å². The molecule has 148 valence electrons. The zero-order valence-corrected chi connectivity index (χ0v) is 16.7. The molecule has 0 saturated heterocycles. The Bertz CT molecular complexity index is 865. The van der Waals surface area contributed by atoms with Gasteiger partial charge in [0.15, 0.2) is 11.7 Å². The minimum Gasteiger partial charge on any atom is -0.399 e. The molecule has 28 heavy (non-hydrogen) atoms. The largest absolute Gasteiger partial charge is 0.399 e. The van der Waals surface area contributed by atoms with Crippen molar-refractivity contribution in [1.29, 1.82) is 0 Å². The standard InChI is InChI=1S/C17H16N6O.2C2H6/c18-10-1-5-12(6-2-10)21-14-9-15(24)16(20)23-17(14)22-13-7-3-11(19)4-8-13;2*1-2/h1-9,21H,18-19H2,(H2,20,22,23);2*1-2H3. The van der Waals surface area contributed by atoms with E-state index in [4.69, 9.17) is 17.2 Å². The van der Waals surface area contributed by atoms with Gasteiger partial charge in [-0.1, -0.05) is 27.7 Å². The molecule has 0 amide bonds. The minimum atomic E-state index is -0.371. The predicted molar refractivity (Wildman–Crippen MR) is 120 cm³/mol. The van der Waals surface area contributed by atoms with Gasteiger partial charge in [0.2, 0.25) is 5.78 Å². The molecule has 1 aliphatic rings. The van der Waals surface area contributed by atoms with Gasteiger partial charge in [0.25, 0.3) is 0 Å². The summed E-state index contributed by atoms with van der Waals surface area (Å²) in [5.74, 6) is -0.162. The summed E-state index contributed by atoms with van der Waals surface area (Å²) < 4.78 is 0. The van der Waals surface area contributed by atoms with Crippen molar-refractivity contribution in [3.8, 4) is 0 Å². The van der Waals surface area contributed by atoms with E-state index in [2.05, 4.69) is 15.3 Å². The number of benzene rings is 2. The fraction of sp³-hybridized carbons (Fsp3) is 0.190. The third-order valence-electron chi connectivity index (χ3n) is 3.31. The van der Waals surface area contributed by atoms with E-state index in [1.165, 1.54) is 6.08 Å². The number of nitrogens with zero attached hydrogens (tertiary/aromatic N) is 2. The number of nitrogen functional groups attached to an aromatic ring is 2. The van der Waals surface area contributed by atoms with Crippen LogP contribution in [-0.4, -0.2) is 17.5 Å². The van der Waals surface area contributed by atoms with Crippen LogP contribution in [0, 0.1) is 0 Å². The summed E-state index contributed by atoms with van der Waals surface area (Å²) in [6.45, 7) is 8.00. The van der Waals surface area contributed by atoms with Gasteiger partial charge in [-0.15, -0.1) is 0 Å². The van der Waals surface area contributed by atoms with Crippen molar-refractivity contribution >= 4 is 40.2 Å². The second-order valence-electron chi connectivity index (χ2n) is 5.19. The normalized spacial score (nSPS) is 14.0. The molecule has 0 bridgehead atoms. The van der Waals surface area contributed by atoms with Gasteiger partial charge < -0.3 is 22.5 Å². The minimum absolute atomic E-state index is 0.105. The van der Waals surface area contributed by atoms with E-state index in [0.29, 0.717) is 28.6 Å². The third kappa shape index (κ3) is 6.28. The highest BCUT2D eigenvalue weighted by molar-refractivity contribution is 6.47. The van der Waals surface area contributed by atoms with Crippen LogP contribution in [0.4, 0.5) is 22.7 Å². The lowest BCUT2D eigenvalue weighted by molar-refractivity contribution is -0.109. The molecule has 1 heterocycles. The van der Waals surface area contributed by atoms with Gasteiger partial charge in [-0.05, 0) is 48.5 Å². The second-order valence-corrected chi connectivity index (χ2v) is 5.19. The number of ketones is 1. The van der Waals surface area contributed by atoms with Crippen LogP contribution in [0.1, 0.15) is 27.7 Å². The fourth-order valence-electron chi connectivity index (χ4n) is 2.07. The monoisotopic (exact) mass is 380 g/mol. The number of carbonyl (C=O) groups is 1. The highest BCUT2D eigenvalue weighted by Gasteiger charge is 2.19. The van der Waals surface area contributed by atoms with Crippen molar-refractivity contribution < 1.29 is 4.79 Å². The number of aliphatic imine (C=N–C) groups is 2. The summed E-state index contributed by atoms with van der Waals surface area (Å²) in [6, 6.07) is 14.1. The van der Waals surface area contributed by atoms with Gasteiger partial charge in [0, 0.05) is 23.1 Å². The first-order valence-corrected chi connectivity index (χ1v) is 9.18. The lowest BCUT2D eigenvalue weighted by Gasteiger charge is -2.15. The van der Waals surface area contributed by atoms with E-state index in [1.54, 1.807) is 48.5 Å². The van der Waals surface area contributed by atoms with Crippen LogP contribution < -0.4 is 22.5 Å². The van der Waals surface area contributed by atoms with Gasteiger partial charge in [-0.3, -0.25) is 4.79 Å². The summed E-state index contributed by atoms with van der Waals surface area (Å²) in [7, 11) is 0. The third-order valence-corrected chi connectivity index (χ3v) is 3.31. The van der Waals surface area contributed by atoms with Gasteiger partial charge in [-0.25, -0.2) is 9.98 Å². The van der Waals surface area contributed by atoms with E-state index < -0.39 is 0 Å². The molecular formula is C21H28N6O. The average molecular weight is 380 g/mol. The van der Waals surface area contributed by atoms with Crippen LogP contribution >= 0.6 is 0 Å². The molecule has 7 N–H and O–H groups in total.